The van der Waals surface area contributed by atoms with E-state index in [1.165, 1.54) is 7.05 Å². The molecule has 17 heavy (non-hydrogen) atoms. The second-order valence-electron chi connectivity index (χ2n) is 3.69. The summed E-state index contributed by atoms with van der Waals surface area (Å²) in [6.07, 6.45) is -4.30. The molecule has 92 valence electrons. The van der Waals surface area contributed by atoms with Crippen LogP contribution in [0.5, 0.6) is 0 Å². The second-order valence-corrected chi connectivity index (χ2v) is 3.69. The van der Waals surface area contributed by atoms with Crippen LogP contribution < -0.4 is 10.6 Å². The molecule has 0 unspecified atom stereocenters. The first-order valence-corrected chi connectivity index (χ1v) is 4.79. The maximum Gasteiger partial charge on any atom is 0.406 e. The number of halogens is 3. The van der Waals surface area contributed by atoms with Crippen LogP contribution >= 0.6 is 0 Å². The van der Waals surface area contributed by atoms with Crippen molar-refractivity contribution in [3.63, 3.8) is 0 Å². The lowest BCUT2D eigenvalue weighted by atomic mass is 10.3. The van der Waals surface area contributed by atoms with Crippen LogP contribution in [0, 0.1) is 0 Å². The van der Waals surface area contributed by atoms with E-state index >= 15 is 0 Å². The summed E-state index contributed by atoms with van der Waals surface area (Å²) in [6, 6.07) is 4.64. The van der Waals surface area contributed by atoms with Crippen molar-refractivity contribution in [2.75, 3.05) is 24.2 Å². The summed E-state index contributed by atoms with van der Waals surface area (Å²) in [4.78, 5) is 4.84. The van der Waals surface area contributed by atoms with Gasteiger partial charge < -0.3 is 15.1 Å². The Morgan fingerprint density at radius 2 is 2.12 bits per heavy atom. The molecule has 0 aliphatic heterocycles. The summed E-state index contributed by atoms with van der Waals surface area (Å²) in [7, 11) is 1.27. The van der Waals surface area contributed by atoms with Gasteiger partial charge in [0.2, 0.25) is 0 Å². The maximum atomic E-state index is 12.2. The zero-order valence-corrected chi connectivity index (χ0v) is 8.95. The molecule has 0 saturated carbocycles. The molecule has 0 bridgehead atoms. The third-order valence-electron chi connectivity index (χ3n) is 2.14. The fourth-order valence-electron chi connectivity index (χ4n) is 1.43. The van der Waals surface area contributed by atoms with Crippen molar-refractivity contribution in [3.8, 4) is 0 Å². The van der Waals surface area contributed by atoms with Crippen molar-refractivity contribution in [1.29, 1.82) is 0 Å². The van der Waals surface area contributed by atoms with Crippen molar-refractivity contribution in [2.45, 2.75) is 6.18 Å². The Morgan fingerprint density at radius 3 is 2.76 bits per heavy atom. The Bertz CT molecular complexity index is 535. The van der Waals surface area contributed by atoms with E-state index in [1.54, 1.807) is 18.2 Å². The van der Waals surface area contributed by atoms with E-state index in [4.69, 9.17) is 10.2 Å². The average Bonchev–Trinajstić information content (AvgIpc) is 2.57. The second kappa shape index (κ2) is 3.83. The van der Waals surface area contributed by atoms with E-state index in [2.05, 4.69) is 4.98 Å². The van der Waals surface area contributed by atoms with Gasteiger partial charge in [-0.1, -0.05) is 0 Å². The van der Waals surface area contributed by atoms with Gasteiger partial charge in [0.25, 0.3) is 6.01 Å². The Hall–Kier alpha value is -1.92. The Morgan fingerprint density at radius 1 is 1.41 bits per heavy atom. The summed E-state index contributed by atoms with van der Waals surface area (Å²) in [5.41, 5.74) is 6.86. The molecule has 1 heterocycles. The number of anilines is 2. The monoisotopic (exact) mass is 245 g/mol. The van der Waals surface area contributed by atoms with Crippen LogP contribution in [0.3, 0.4) is 0 Å². The number of benzene rings is 1. The minimum Gasteiger partial charge on any atom is -0.423 e. The normalized spacial score (nSPS) is 12.0. The van der Waals surface area contributed by atoms with Gasteiger partial charge in [-0.15, -0.1) is 0 Å². The molecule has 2 N–H and O–H groups in total. The zero-order chi connectivity index (χ0) is 12.6. The number of hydrogen-bond donors (Lipinski definition) is 1. The molecule has 1 aromatic carbocycles. The van der Waals surface area contributed by atoms with Crippen LogP contribution in [0.1, 0.15) is 0 Å². The first-order chi connectivity index (χ1) is 7.85. The zero-order valence-electron chi connectivity index (χ0n) is 8.95. The standard InChI is InChI=1S/C10H10F3N3O/c1-16(5-10(11,12)13)9-15-7-4-6(14)2-3-8(7)17-9/h2-4H,5,14H2,1H3. The van der Waals surface area contributed by atoms with Gasteiger partial charge in [-0.05, 0) is 18.2 Å². The van der Waals surface area contributed by atoms with E-state index in [0.717, 1.165) is 4.90 Å². The number of nitrogens with zero attached hydrogens (tertiary/aromatic N) is 2. The van der Waals surface area contributed by atoms with Crippen LogP contribution in [-0.2, 0) is 0 Å². The molecule has 0 amide bonds. The number of alkyl halides is 3. The predicted molar refractivity (Wildman–Crippen MR) is 57.7 cm³/mol. The van der Waals surface area contributed by atoms with Crippen molar-refractivity contribution in [2.24, 2.45) is 0 Å². The molecule has 1 aromatic heterocycles. The number of nitrogens with two attached hydrogens (primary N) is 1. The van der Waals surface area contributed by atoms with E-state index in [1.807, 2.05) is 0 Å². The lowest BCUT2D eigenvalue weighted by Gasteiger charge is -2.15. The summed E-state index contributed by atoms with van der Waals surface area (Å²) in [6.45, 7) is -1.12. The van der Waals surface area contributed by atoms with Gasteiger partial charge >= 0.3 is 6.18 Å². The number of nitrogen functional groups attached to an aromatic ring is 1. The van der Waals surface area contributed by atoms with E-state index in [0.29, 0.717) is 16.8 Å². The molecule has 0 aliphatic carbocycles. The molecule has 7 heteroatoms. The fraction of sp³-hybridized carbons (Fsp3) is 0.300. The maximum absolute atomic E-state index is 12.2. The largest absolute Gasteiger partial charge is 0.423 e. The molecule has 0 fully saturated rings. The van der Waals surface area contributed by atoms with Crippen LogP contribution in [0.25, 0.3) is 11.1 Å². The minimum atomic E-state index is -4.30. The summed E-state index contributed by atoms with van der Waals surface area (Å²) in [5.74, 6) is 0. The summed E-state index contributed by atoms with van der Waals surface area (Å²) in [5, 5.41) is 0. The lowest BCUT2D eigenvalue weighted by molar-refractivity contribution is -0.119. The van der Waals surface area contributed by atoms with Gasteiger partial charge in [0, 0.05) is 12.7 Å². The molecular formula is C10H10F3N3O. The summed E-state index contributed by atoms with van der Waals surface area (Å²) >= 11 is 0. The van der Waals surface area contributed by atoms with E-state index in [9.17, 15) is 13.2 Å². The van der Waals surface area contributed by atoms with Gasteiger partial charge in [-0.2, -0.15) is 18.2 Å². The third kappa shape index (κ3) is 2.61. The fourth-order valence-corrected chi connectivity index (χ4v) is 1.43. The summed E-state index contributed by atoms with van der Waals surface area (Å²) < 4.78 is 41.7. The number of fused-ring (bicyclic) bond motifs is 1. The number of aromatic nitrogens is 1. The molecule has 2 aromatic rings. The number of hydrogen-bond acceptors (Lipinski definition) is 4. The quantitative estimate of drug-likeness (QED) is 0.825. The highest BCUT2D eigenvalue weighted by atomic mass is 19.4. The number of oxazole rings is 1. The molecule has 0 spiro atoms. The lowest BCUT2D eigenvalue weighted by Crippen LogP contribution is -2.30. The molecule has 0 aliphatic rings. The highest BCUT2D eigenvalue weighted by Crippen LogP contribution is 2.25. The van der Waals surface area contributed by atoms with Crippen LogP contribution in [0.2, 0.25) is 0 Å². The topological polar surface area (TPSA) is 55.3 Å². The Labute approximate surface area is 94.8 Å². The van der Waals surface area contributed by atoms with Gasteiger partial charge in [0.1, 0.15) is 12.1 Å². The van der Waals surface area contributed by atoms with E-state index in [-0.39, 0.29) is 6.01 Å². The molecule has 0 radical (unpaired) electrons. The van der Waals surface area contributed by atoms with Crippen molar-refractivity contribution < 1.29 is 17.6 Å². The molecule has 0 saturated heterocycles. The SMILES string of the molecule is CN(CC(F)(F)F)c1nc2cc(N)ccc2o1. The molecule has 0 atom stereocenters. The Balaban J connectivity index is 2.30. The first kappa shape index (κ1) is 11.6. The van der Waals surface area contributed by atoms with Gasteiger partial charge in [-0.25, -0.2) is 0 Å². The predicted octanol–water partition coefficient (Wildman–Crippen LogP) is 2.41. The molecular weight excluding hydrogens is 235 g/mol. The molecule has 4 nitrogen and oxygen atoms in total. The van der Waals surface area contributed by atoms with E-state index < -0.39 is 12.7 Å². The van der Waals surface area contributed by atoms with Gasteiger partial charge in [-0.3, -0.25) is 0 Å². The highest BCUT2D eigenvalue weighted by Gasteiger charge is 2.31. The third-order valence-corrected chi connectivity index (χ3v) is 2.14. The minimum absolute atomic E-state index is 0.0806. The Kier molecular flexibility index (Phi) is 2.60. The van der Waals surface area contributed by atoms with Crippen molar-refractivity contribution >= 4 is 22.8 Å². The van der Waals surface area contributed by atoms with Gasteiger partial charge in [0.15, 0.2) is 5.58 Å². The van der Waals surface area contributed by atoms with Crippen LogP contribution in [0.15, 0.2) is 22.6 Å². The smallest absolute Gasteiger partial charge is 0.406 e. The van der Waals surface area contributed by atoms with Crippen molar-refractivity contribution in [1.82, 2.24) is 4.98 Å². The number of rotatable bonds is 2. The van der Waals surface area contributed by atoms with Crippen molar-refractivity contribution in [3.05, 3.63) is 18.2 Å². The first-order valence-electron chi connectivity index (χ1n) is 4.79. The average molecular weight is 245 g/mol. The molecule has 2 rings (SSSR count). The highest BCUT2D eigenvalue weighted by molar-refractivity contribution is 5.78. The van der Waals surface area contributed by atoms with Crippen LogP contribution in [-0.4, -0.2) is 24.8 Å². The van der Waals surface area contributed by atoms with Crippen LogP contribution in [0.4, 0.5) is 24.9 Å². The van der Waals surface area contributed by atoms with Gasteiger partial charge in [0.05, 0.1) is 0 Å².